The largest absolute Gasteiger partial charge is 0.486 e. The number of benzene rings is 2. The Hall–Kier alpha value is -3.53. The highest BCUT2D eigenvalue weighted by Gasteiger charge is 2.38. The molecule has 2 amide bonds. The van der Waals surface area contributed by atoms with E-state index in [1.165, 1.54) is 32.0 Å². The van der Waals surface area contributed by atoms with Gasteiger partial charge in [-0.15, -0.1) is 0 Å². The van der Waals surface area contributed by atoms with Crippen molar-refractivity contribution in [1.82, 2.24) is 4.72 Å². The summed E-state index contributed by atoms with van der Waals surface area (Å²) >= 11 is 0. The molecule has 0 saturated carbocycles. The normalized spacial score (nSPS) is 16.0. The first-order valence-electron chi connectivity index (χ1n) is 12.2. The highest BCUT2D eigenvalue weighted by Crippen LogP contribution is 2.40. The van der Waals surface area contributed by atoms with Gasteiger partial charge in [-0.05, 0) is 71.0 Å². The molecule has 0 saturated heterocycles. The molecule has 1 atom stereocenters. The van der Waals surface area contributed by atoms with Gasteiger partial charge in [0.1, 0.15) is 17.5 Å². The zero-order chi connectivity index (χ0) is 31.0. The van der Waals surface area contributed by atoms with Crippen LogP contribution >= 0.6 is 0 Å². The smallest absolute Gasteiger partial charge is 0.416 e. The lowest BCUT2D eigenvalue weighted by atomic mass is 10.1. The molecule has 1 heterocycles. The van der Waals surface area contributed by atoms with Crippen molar-refractivity contribution < 1.29 is 49.1 Å². The monoisotopic (exact) mass is 621 g/mol. The van der Waals surface area contributed by atoms with Gasteiger partial charge in [0.05, 0.1) is 34.4 Å². The maximum atomic E-state index is 13.7. The van der Waals surface area contributed by atoms with Crippen molar-refractivity contribution in [3.63, 3.8) is 0 Å². The predicted octanol–water partition coefficient (Wildman–Crippen LogP) is 4.25. The number of rotatable bonds is 7. The van der Waals surface area contributed by atoms with Gasteiger partial charge in [0.15, 0.2) is 0 Å². The highest BCUT2D eigenvalue weighted by molar-refractivity contribution is 7.92. The van der Waals surface area contributed by atoms with E-state index in [1.54, 1.807) is 20.8 Å². The number of nitrogens with one attached hydrogen (secondary N) is 2. The van der Waals surface area contributed by atoms with Gasteiger partial charge in [0.25, 0.3) is 10.0 Å². The summed E-state index contributed by atoms with van der Waals surface area (Å²) in [7, 11) is -8.68. The number of halogens is 3. The van der Waals surface area contributed by atoms with Crippen LogP contribution in [0, 0.1) is 0 Å². The quantitative estimate of drug-likeness (QED) is 0.466. The first kappa shape index (κ1) is 32.0. The fourth-order valence-corrected chi connectivity index (χ4v) is 5.81. The summed E-state index contributed by atoms with van der Waals surface area (Å²) < 4.78 is 105. The van der Waals surface area contributed by atoms with Crippen LogP contribution in [0.2, 0.25) is 0 Å². The molecule has 0 fully saturated rings. The molecule has 0 aliphatic carbocycles. The van der Waals surface area contributed by atoms with E-state index in [2.05, 4.69) is 5.32 Å². The van der Waals surface area contributed by atoms with Gasteiger partial charge >= 0.3 is 12.3 Å². The van der Waals surface area contributed by atoms with Gasteiger partial charge in [0, 0.05) is 5.69 Å². The lowest BCUT2D eigenvalue weighted by Gasteiger charge is -2.35. The van der Waals surface area contributed by atoms with Crippen LogP contribution in [-0.4, -0.2) is 52.3 Å². The molecular weight excluding hydrogens is 591 g/mol. The van der Waals surface area contributed by atoms with Gasteiger partial charge in [-0.3, -0.25) is 19.1 Å². The lowest BCUT2D eigenvalue weighted by Crippen LogP contribution is -2.46. The molecule has 3 rings (SSSR count). The molecule has 0 bridgehead atoms. The van der Waals surface area contributed by atoms with E-state index < -0.39 is 78.6 Å². The van der Waals surface area contributed by atoms with Crippen LogP contribution in [0.3, 0.4) is 0 Å². The number of carbonyl (C=O) groups excluding carboxylic acids is 2. The molecule has 41 heavy (non-hydrogen) atoms. The minimum absolute atomic E-state index is 0.0777. The first-order chi connectivity index (χ1) is 18.7. The minimum Gasteiger partial charge on any atom is -0.486 e. The number of nitrogens with zero attached hydrogens (tertiary/aromatic N) is 1. The summed E-state index contributed by atoms with van der Waals surface area (Å²) in [6, 6.07) is 7.01. The Morgan fingerprint density at radius 2 is 1.73 bits per heavy atom. The number of amides is 2. The molecular formula is C25H30F3N3O8S2. The highest BCUT2D eigenvalue weighted by atomic mass is 32.2. The van der Waals surface area contributed by atoms with Crippen LogP contribution in [-0.2, 0) is 35.8 Å². The molecule has 11 nitrogen and oxygen atoms in total. The Balaban J connectivity index is 2.02. The van der Waals surface area contributed by atoms with Crippen molar-refractivity contribution in [2.75, 3.05) is 16.2 Å². The zero-order valence-corrected chi connectivity index (χ0v) is 24.4. The average Bonchev–Trinajstić information content (AvgIpc) is 2.81. The second-order valence-electron chi connectivity index (χ2n) is 10.4. The van der Waals surface area contributed by atoms with Crippen molar-refractivity contribution in [3.05, 3.63) is 48.0 Å². The summed E-state index contributed by atoms with van der Waals surface area (Å²) in [4.78, 5) is 24.1. The molecule has 0 spiro atoms. The number of fused-ring (bicyclic) bond motifs is 1. The molecule has 1 aliphatic rings. The van der Waals surface area contributed by atoms with Crippen molar-refractivity contribution in [3.8, 4) is 5.75 Å². The van der Waals surface area contributed by atoms with Gasteiger partial charge < -0.3 is 9.47 Å². The van der Waals surface area contributed by atoms with E-state index >= 15 is 0 Å². The van der Waals surface area contributed by atoms with E-state index in [0.717, 1.165) is 22.5 Å². The van der Waals surface area contributed by atoms with Crippen LogP contribution in [0.4, 0.5) is 29.3 Å². The number of sulfonamides is 2. The topological polar surface area (TPSA) is 148 Å². The van der Waals surface area contributed by atoms with Crippen molar-refractivity contribution in [2.45, 2.75) is 69.1 Å². The number of anilines is 2. The molecule has 2 aromatic carbocycles. The van der Waals surface area contributed by atoms with Crippen LogP contribution in [0.5, 0.6) is 5.75 Å². The van der Waals surface area contributed by atoms with E-state index in [4.69, 9.17) is 9.47 Å². The molecule has 0 aromatic heterocycles. The molecule has 16 heteroatoms. The van der Waals surface area contributed by atoms with Gasteiger partial charge in [-0.2, -0.15) is 13.2 Å². The molecule has 1 aliphatic heterocycles. The molecule has 226 valence electrons. The fourth-order valence-electron chi connectivity index (χ4n) is 3.63. The Kier molecular flexibility index (Phi) is 8.89. The van der Waals surface area contributed by atoms with Crippen molar-refractivity contribution >= 4 is 43.4 Å². The summed E-state index contributed by atoms with van der Waals surface area (Å²) in [6.45, 7) is 7.07. The van der Waals surface area contributed by atoms with E-state index in [0.29, 0.717) is 6.07 Å². The molecule has 2 aromatic rings. The van der Waals surface area contributed by atoms with Crippen LogP contribution in [0.1, 0.15) is 46.6 Å². The molecule has 1 unspecified atom stereocenters. The molecule has 0 radical (unpaired) electrons. The second-order valence-corrected chi connectivity index (χ2v) is 14.5. The standard InChI is InChI=1S/C25H30F3N3O8S2/c1-15(2)40(34,35)30-22(32)13-18-14-31(41(36,37)19-8-6-7-16(11-19)25(26,27)28)20-12-17(9-10-21(20)38-18)29-23(33)39-24(3,4)5/h6-12,15,18H,13-14H2,1-5H3,(H,29,33)(H,30,32). The minimum atomic E-state index is -4.82. The third-order valence-electron chi connectivity index (χ3n) is 5.58. The van der Waals surface area contributed by atoms with E-state index in [1.807, 2.05) is 4.72 Å². The number of ether oxygens (including phenoxy) is 2. The third-order valence-corrected chi connectivity index (χ3v) is 9.10. The maximum absolute atomic E-state index is 13.7. The van der Waals surface area contributed by atoms with Crippen LogP contribution < -0.4 is 19.1 Å². The van der Waals surface area contributed by atoms with Crippen LogP contribution in [0.25, 0.3) is 0 Å². The number of carbonyl (C=O) groups is 2. The predicted molar refractivity (Wildman–Crippen MR) is 144 cm³/mol. The first-order valence-corrected chi connectivity index (χ1v) is 15.2. The van der Waals surface area contributed by atoms with Gasteiger partial charge in [0.2, 0.25) is 15.9 Å². The Morgan fingerprint density at radius 1 is 1.07 bits per heavy atom. The number of alkyl halides is 3. The summed E-state index contributed by atoms with van der Waals surface area (Å²) in [5.74, 6) is -1.04. The lowest BCUT2D eigenvalue weighted by molar-refractivity contribution is -0.137. The summed E-state index contributed by atoms with van der Waals surface area (Å²) in [5.41, 5.74) is -2.08. The second kappa shape index (κ2) is 11.4. The molecule has 2 N–H and O–H groups in total. The third kappa shape index (κ3) is 8.03. The summed E-state index contributed by atoms with van der Waals surface area (Å²) in [6.07, 6.45) is -7.46. The fraction of sp³-hybridized carbons (Fsp3) is 0.440. The van der Waals surface area contributed by atoms with E-state index in [-0.39, 0.29) is 17.1 Å². The van der Waals surface area contributed by atoms with Crippen molar-refractivity contribution in [1.29, 1.82) is 0 Å². The van der Waals surface area contributed by atoms with Crippen LogP contribution in [0.15, 0.2) is 47.4 Å². The Labute approximate surface area is 236 Å². The Morgan fingerprint density at radius 3 is 2.32 bits per heavy atom. The SMILES string of the molecule is CC(C)S(=O)(=O)NC(=O)CC1CN(S(=O)(=O)c2cccc(C(F)(F)F)c2)c2cc(NC(=O)OC(C)(C)C)ccc2O1. The van der Waals surface area contributed by atoms with Gasteiger partial charge in [-0.1, -0.05) is 6.07 Å². The Bertz CT molecular complexity index is 1540. The average molecular weight is 622 g/mol. The van der Waals surface area contributed by atoms with E-state index in [9.17, 15) is 39.6 Å². The number of hydrogen-bond acceptors (Lipinski definition) is 8. The maximum Gasteiger partial charge on any atom is 0.416 e. The van der Waals surface area contributed by atoms with Gasteiger partial charge in [-0.25, -0.2) is 21.6 Å². The zero-order valence-electron chi connectivity index (χ0n) is 22.8. The summed E-state index contributed by atoms with van der Waals surface area (Å²) in [5, 5.41) is 1.53. The number of hydrogen-bond donors (Lipinski definition) is 2. The van der Waals surface area contributed by atoms with Crippen molar-refractivity contribution in [2.24, 2.45) is 0 Å².